The van der Waals surface area contributed by atoms with Gasteiger partial charge in [0.2, 0.25) is 5.82 Å². The van der Waals surface area contributed by atoms with E-state index in [1.54, 1.807) is 31.2 Å². The standard InChI is InChI=1S/C15H12FN3O2/c1-8-6-9(2-5-12(8)16)14-18-15(21-19-14)11-4-3-10(17)7-13(11)20/h2-7,20H,17H2,1H3. The molecule has 0 radical (unpaired) electrons. The van der Waals surface area contributed by atoms with Gasteiger partial charge in [0.05, 0.1) is 5.56 Å². The SMILES string of the molecule is Cc1cc(-c2noc(-c3ccc(N)cc3O)n2)ccc1F. The average Bonchev–Trinajstić information content (AvgIpc) is 2.91. The van der Waals surface area contributed by atoms with Gasteiger partial charge in [-0.05, 0) is 42.8 Å². The highest BCUT2D eigenvalue weighted by Crippen LogP contribution is 2.31. The summed E-state index contributed by atoms with van der Waals surface area (Å²) >= 11 is 0. The minimum absolute atomic E-state index is 0.0412. The molecule has 0 aliphatic carbocycles. The molecule has 6 heteroatoms. The zero-order valence-electron chi connectivity index (χ0n) is 11.2. The Balaban J connectivity index is 2.01. The third kappa shape index (κ3) is 2.43. The molecule has 0 fully saturated rings. The van der Waals surface area contributed by atoms with Crippen LogP contribution in [0.4, 0.5) is 10.1 Å². The Morgan fingerprint density at radius 1 is 1.19 bits per heavy atom. The topological polar surface area (TPSA) is 85.2 Å². The van der Waals surface area contributed by atoms with Gasteiger partial charge in [-0.15, -0.1) is 0 Å². The van der Waals surface area contributed by atoms with Crippen molar-refractivity contribution in [3.05, 3.63) is 47.8 Å². The molecule has 3 aromatic rings. The van der Waals surface area contributed by atoms with Gasteiger partial charge in [-0.2, -0.15) is 4.98 Å². The molecule has 0 unspecified atom stereocenters. The second kappa shape index (κ2) is 4.90. The van der Waals surface area contributed by atoms with Crippen molar-refractivity contribution in [2.75, 3.05) is 5.73 Å². The number of aryl methyl sites for hydroxylation is 1. The molecule has 0 amide bonds. The fraction of sp³-hybridized carbons (Fsp3) is 0.0667. The summed E-state index contributed by atoms with van der Waals surface area (Å²) in [6, 6.07) is 9.17. The molecule has 21 heavy (non-hydrogen) atoms. The van der Waals surface area contributed by atoms with Crippen molar-refractivity contribution in [2.24, 2.45) is 0 Å². The fourth-order valence-corrected chi connectivity index (χ4v) is 1.96. The Kier molecular flexibility index (Phi) is 3.06. The van der Waals surface area contributed by atoms with Crippen LogP contribution in [0.15, 0.2) is 40.9 Å². The summed E-state index contributed by atoms with van der Waals surface area (Å²) in [4.78, 5) is 4.21. The Hall–Kier alpha value is -2.89. The number of nitrogen functional groups attached to an aromatic ring is 1. The van der Waals surface area contributed by atoms with Crippen LogP contribution in [0.3, 0.4) is 0 Å². The van der Waals surface area contributed by atoms with Gasteiger partial charge in [-0.25, -0.2) is 4.39 Å². The molecule has 0 spiro atoms. The van der Waals surface area contributed by atoms with Crippen molar-refractivity contribution in [3.8, 4) is 28.6 Å². The summed E-state index contributed by atoms with van der Waals surface area (Å²) in [7, 11) is 0. The highest BCUT2D eigenvalue weighted by atomic mass is 19.1. The number of halogens is 1. The molecule has 0 aliphatic heterocycles. The maximum atomic E-state index is 13.3. The lowest BCUT2D eigenvalue weighted by atomic mass is 10.1. The van der Waals surface area contributed by atoms with Gasteiger partial charge in [0.25, 0.3) is 5.89 Å². The predicted molar refractivity (Wildman–Crippen MR) is 75.9 cm³/mol. The molecule has 0 saturated carbocycles. The van der Waals surface area contributed by atoms with E-state index in [9.17, 15) is 9.50 Å². The average molecular weight is 285 g/mol. The number of nitrogens with two attached hydrogens (primary N) is 1. The summed E-state index contributed by atoms with van der Waals surface area (Å²) in [5.74, 6) is 0.160. The molecule has 106 valence electrons. The lowest BCUT2D eigenvalue weighted by molar-refractivity contribution is 0.426. The van der Waals surface area contributed by atoms with Crippen LogP contribution in [-0.2, 0) is 0 Å². The van der Waals surface area contributed by atoms with E-state index >= 15 is 0 Å². The highest BCUT2D eigenvalue weighted by molar-refractivity contribution is 5.68. The molecule has 3 N–H and O–H groups in total. The van der Waals surface area contributed by atoms with E-state index in [2.05, 4.69) is 10.1 Å². The van der Waals surface area contributed by atoms with E-state index in [4.69, 9.17) is 10.3 Å². The third-order valence-electron chi connectivity index (χ3n) is 3.09. The number of benzene rings is 2. The Morgan fingerprint density at radius 3 is 2.71 bits per heavy atom. The van der Waals surface area contributed by atoms with Crippen molar-refractivity contribution in [2.45, 2.75) is 6.92 Å². The molecular formula is C15H12FN3O2. The first kappa shape index (κ1) is 13.1. The zero-order valence-corrected chi connectivity index (χ0v) is 11.2. The van der Waals surface area contributed by atoms with Gasteiger partial charge in [0, 0.05) is 17.3 Å². The summed E-state index contributed by atoms with van der Waals surface area (Å²) < 4.78 is 18.4. The van der Waals surface area contributed by atoms with E-state index < -0.39 is 0 Å². The largest absolute Gasteiger partial charge is 0.507 e. The maximum absolute atomic E-state index is 13.3. The van der Waals surface area contributed by atoms with E-state index in [1.165, 1.54) is 12.1 Å². The van der Waals surface area contributed by atoms with E-state index in [1.807, 2.05) is 0 Å². The third-order valence-corrected chi connectivity index (χ3v) is 3.09. The van der Waals surface area contributed by atoms with Crippen LogP contribution in [0.2, 0.25) is 0 Å². The second-order valence-corrected chi connectivity index (χ2v) is 4.66. The van der Waals surface area contributed by atoms with Crippen molar-refractivity contribution < 1.29 is 14.0 Å². The maximum Gasteiger partial charge on any atom is 0.262 e. The number of aromatic nitrogens is 2. The molecule has 0 aliphatic rings. The lowest BCUT2D eigenvalue weighted by Crippen LogP contribution is -1.87. The first-order chi connectivity index (χ1) is 10.0. The minimum Gasteiger partial charge on any atom is -0.507 e. The predicted octanol–water partition coefficient (Wildman–Crippen LogP) is 3.14. The summed E-state index contributed by atoms with van der Waals surface area (Å²) in [5.41, 5.74) is 7.53. The number of rotatable bonds is 2. The Labute approximate surface area is 119 Å². The van der Waals surface area contributed by atoms with Crippen LogP contribution in [0.5, 0.6) is 5.75 Å². The number of anilines is 1. The number of phenols is 1. The van der Waals surface area contributed by atoms with Crippen molar-refractivity contribution >= 4 is 5.69 Å². The molecule has 3 rings (SSSR count). The lowest BCUT2D eigenvalue weighted by Gasteiger charge is -2.00. The van der Waals surface area contributed by atoms with Crippen molar-refractivity contribution in [1.29, 1.82) is 0 Å². The van der Waals surface area contributed by atoms with Gasteiger partial charge >= 0.3 is 0 Å². The Bertz CT molecular complexity index is 814. The monoisotopic (exact) mass is 285 g/mol. The number of nitrogens with zero attached hydrogens (tertiary/aromatic N) is 2. The van der Waals surface area contributed by atoms with Crippen LogP contribution in [0.25, 0.3) is 22.8 Å². The van der Waals surface area contributed by atoms with Gasteiger partial charge in [-0.3, -0.25) is 0 Å². The zero-order chi connectivity index (χ0) is 15.0. The molecule has 2 aromatic carbocycles. The molecule has 0 atom stereocenters. The highest BCUT2D eigenvalue weighted by Gasteiger charge is 2.14. The van der Waals surface area contributed by atoms with Crippen LogP contribution in [0, 0.1) is 12.7 Å². The van der Waals surface area contributed by atoms with Gasteiger partial charge < -0.3 is 15.4 Å². The van der Waals surface area contributed by atoms with Crippen LogP contribution in [-0.4, -0.2) is 15.2 Å². The molecular weight excluding hydrogens is 273 g/mol. The minimum atomic E-state index is -0.293. The van der Waals surface area contributed by atoms with Crippen molar-refractivity contribution in [1.82, 2.24) is 10.1 Å². The number of phenolic OH excluding ortho intramolecular Hbond substituents is 1. The second-order valence-electron chi connectivity index (χ2n) is 4.66. The fourth-order valence-electron chi connectivity index (χ4n) is 1.96. The summed E-state index contributed by atoms with van der Waals surface area (Å²) in [5, 5.41) is 13.7. The Morgan fingerprint density at radius 2 is 2.00 bits per heavy atom. The normalized spacial score (nSPS) is 10.8. The first-order valence-corrected chi connectivity index (χ1v) is 6.23. The van der Waals surface area contributed by atoms with Crippen LogP contribution < -0.4 is 5.73 Å². The number of hydrogen-bond donors (Lipinski definition) is 2. The van der Waals surface area contributed by atoms with E-state index in [0.717, 1.165) is 0 Å². The molecule has 1 aromatic heterocycles. The molecule has 0 saturated heterocycles. The first-order valence-electron chi connectivity index (χ1n) is 6.23. The number of hydrogen-bond acceptors (Lipinski definition) is 5. The van der Waals surface area contributed by atoms with Crippen LogP contribution >= 0.6 is 0 Å². The van der Waals surface area contributed by atoms with Gasteiger partial charge in [0.15, 0.2) is 0 Å². The molecule has 1 heterocycles. The quantitative estimate of drug-likeness (QED) is 0.706. The van der Waals surface area contributed by atoms with Crippen LogP contribution in [0.1, 0.15) is 5.56 Å². The van der Waals surface area contributed by atoms with E-state index in [-0.39, 0.29) is 17.5 Å². The number of aromatic hydroxyl groups is 1. The summed E-state index contributed by atoms with van der Waals surface area (Å²) in [6.45, 7) is 1.66. The van der Waals surface area contributed by atoms with Gasteiger partial charge in [-0.1, -0.05) is 5.16 Å². The molecule has 0 bridgehead atoms. The summed E-state index contributed by atoms with van der Waals surface area (Å²) in [6.07, 6.45) is 0. The van der Waals surface area contributed by atoms with E-state index in [0.29, 0.717) is 28.2 Å². The molecule has 5 nitrogen and oxygen atoms in total. The van der Waals surface area contributed by atoms with Crippen molar-refractivity contribution in [3.63, 3.8) is 0 Å². The smallest absolute Gasteiger partial charge is 0.262 e. The van der Waals surface area contributed by atoms with Gasteiger partial charge in [0.1, 0.15) is 11.6 Å².